The first-order valence-electron chi connectivity index (χ1n) is 11.5. The smallest absolute Gasteiger partial charge is 0.407 e. The molecule has 0 bridgehead atoms. The van der Waals surface area contributed by atoms with Crippen molar-refractivity contribution in [3.05, 3.63) is 0 Å². The molecule has 0 aromatic rings. The Hall–Kier alpha value is -1.34. The lowest BCUT2D eigenvalue weighted by Gasteiger charge is -2.34. The van der Waals surface area contributed by atoms with Gasteiger partial charge in [-0.25, -0.2) is 4.79 Å². The van der Waals surface area contributed by atoms with E-state index in [0.29, 0.717) is 31.4 Å². The van der Waals surface area contributed by atoms with Crippen molar-refractivity contribution in [2.45, 2.75) is 111 Å². The highest BCUT2D eigenvalue weighted by atomic mass is 16.7. The summed E-state index contributed by atoms with van der Waals surface area (Å²) in [6.07, 6.45) is 3.38. The molecular weight excluding hydrogens is 384 g/mol. The number of carbonyl (C=O) groups is 2. The predicted molar refractivity (Wildman–Crippen MR) is 118 cm³/mol. The van der Waals surface area contributed by atoms with Crippen molar-refractivity contribution < 1.29 is 23.8 Å². The number of amides is 2. The zero-order chi connectivity index (χ0) is 22.7. The summed E-state index contributed by atoms with van der Waals surface area (Å²) in [5.41, 5.74) is -0.594. The lowest BCUT2D eigenvalue weighted by atomic mass is 9.96. The fourth-order valence-electron chi connectivity index (χ4n) is 3.26. The zero-order valence-electron chi connectivity index (χ0n) is 20.1. The van der Waals surface area contributed by atoms with Crippen LogP contribution in [0, 0.1) is 11.8 Å². The molecule has 0 saturated carbocycles. The second kappa shape index (κ2) is 13.2. The Morgan fingerprint density at radius 1 is 1.17 bits per heavy atom. The van der Waals surface area contributed by atoms with Gasteiger partial charge in [-0.15, -0.1) is 0 Å². The molecule has 1 heterocycles. The van der Waals surface area contributed by atoms with Gasteiger partial charge in [0.15, 0.2) is 6.29 Å². The van der Waals surface area contributed by atoms with Crippen molar-refractivity contribution in [3.8, 4) is 0 Å². The second-order valence-electron chi connectivity index (χ2n) is 9.87. The Morgan fingerprint density at radius 3 is 2.40 bits per heavy atom. The van der Waals surface area contributed by atoms with Crippen LogP contribution in [0.15, 0.2) is 0 Å². The third kappa shape index (κ3) is 11.7. The topological polar surface area (TPSA) is 85.9 Å². The monoisotopic (exact) mass is 428 g/mol. The van der Waals surface area contributed by atoms with Gasteiger partial charge in [0, 0.05) is 13.2 Å². The third-order valence-corrected chi connectivity index (χ3v) is 5.07. The number of carbonyl (C=O) groups excluding carboxylic acids is 2. The van der Waals surface area contributed by atoms with Gasteiger partial charge in [-0.3, -0.25) is 4.79 Å². The largest absolute Gasteiger partial charge is 0.444 e. The van der Waals surface area contributed by atoms with Crippen molar-refractivity contribution in [2.24, 2.45) is 11.8 Å². The summed E-state index contributed by atoms with van der Waals surface area (Å²) in [5, 5.41) is 5.95. The molecule has 0 aromatic carbocycles. The fourth-order valence-corrected chi connectivity index (χ4v) is 3.26. The Balaban J connectivity index is 2.89. The molecule has 1 fully saturated rings. The van der Waals surface area contributed by atoms with Crippen molar-refractivity contribution in [3.63, 3.8) is 0 Å². The number of nitrogens with one attached hydrogen (secondary N) is 2. The van der Waals surface area contributed by atoms with Crippen LogP contribution < -0.4 is 10.6 Å². The van der Waals surface area contributed by atoms with Gasteiger partial charge in [-0.2, -0.15) is 0 Å². The number of ether oxygens (including phenoxy) is 3. The number of hydrogen-bond donors (Lipinski definition) is 2. The Labute approximate surface area is 183 Å². The minimum atomic E-state index is -0.594. The minimum Gasteiger partial charge on any atom is -0.444 e. The molecule has 7 nitrogen and oxygen atoms in total. The standard InChI is InChI=1S/C23H44N2O5/c1-8-17(4)15-24-20(26)14-19(29-21-11-9-10-12-28-21)18(13-16(2)3)25-22(27)30-23(5,6)7/h16-19,21H,8-15H2,1-7H3,(H,24,26)(H,25,27). The van der Waals surface area contributed by atoms with Gasteiger partial charge in [0.2, 0.25) is 5.91 Å². The molecule has 1 rings (SSSR count). The molecule has 7 heteroatoms. The number of rotatable bonds is 11. The van der Waals surface area contributed by atoms with Crippen LogP contribution in [-0.4, -0.2) is 49.2 Å². The number of alkyl carbamates (subject to hydrolysis) is 1. The van der Waals surface area contributed by atoms with Gasteiger partial charge in [-0.1, -0.05) is 34.1 Å². The summed E-state index contributed by atoms with van der Waals surface area (Å²) in [7, 11) is 0. The predicted octanol–water partition coefficient (Wildman–Crippen LogP) is 4.39. The van der Waals surface area contributed by atoms with Crippen molar-refractivity contribution in [1.29, 1.82) is 0 Å². The first-order valence-corrected chi connectivity index (χ1v) is 11.5. The van der Waals surface area contributed by atoms with E-state index in [1.54, 1.807) is 0 Å². The summed E-state index contributed by atoms with van der Waals surface area (Å²) in [5.74, 6) is 0.656. The van der Waals surface area contributed by atoms with Gasteiger partial charge in [-0.05, 0) is 58.3 Å². The van der Waals surface area contributed by atoms with Gasteiger partial charge in [0.1, 0.15) is 5.60 Å². The maximum atomic E-state index is 12.6. The van der Waals surface area contributed by atoms with Crippen LogP contribution in [0.2, 0.25) is 0 Å². The summed E-state index contributed by atoms with van der Waals surface area (Å²) in [6.45, 7) is 15.2. The molecular formula is C23H44N2O5. The van der Waals surface area contributed by atoms with Crippen molar-refractivity contribution in [1.82, 2.24) is 10.6 Å². The lowest BCUT2D eigenvalue weighted by molar-refractivity contribution is -0.196. The Morgan fingerprint density at radius 2 is 1.87 bits per heavy atom. The quantitative estimate of drug-likeness (QED) is 0.510. The second-order valence-corrected chi connectivity index (χ2v) is 9.87. The molecule has 4 atom stereocenters. The highest BCUT2D eigenvalue weighted by Gasteiger charge is 2.32. The van der Waals surface area contributed by atoms with E-state index >= 15 is 0 Å². The molecule has 0 spiro atoms. The summed E-state index contributed by atoms with van der Waals surface area (Å²) in [6, 6.07) is -0.347. The molecule has 1 aliphatic rings. The average Bonchev–Trinajstić information content (AvgIpc) is 2.64. The van der Waals surface area contributed by atoms with Gasteiger partial charge >= 0.3 is 6.09 Å². The molecule has 0 aromatic heterocycles. The van der Waals surface area contributed by atoms with E-state index in [9.17, 15) is 9.59 Å². The van der Waals surface area contributed by atoms with Crippen LogP contribution in [0.25, 0.3) is 0 Å². The molecule has 0 radical (unpaired) electrons. The Bertz CT molecular complexity index is 512. The molecule has 2 amide bonds. The molecule has 4 unspecified atom stereocenters. The highest BCUT2D eigenvalue weighted by molar-refractivity contribution is 5.76. The molecule has 2 N–H and O–H groups in total. The van der Waals surface area contributed by atoms with Crippen LogP contribution in [-0.2, 0) is 19.0 Å². The van der Waals surface area contributed by atoms with E-state index < -0.39 is 17.8 Å². The van der Waals surface area contributed by atoms with E-state index in [4.69, 9.17) is 14.2 Å². The molecule has 176 valence electrons. The lowest BCUT2D eigenvalue weighted by Crippen LogP contribution is -2.50. The van der Waals surface area contributed by atoms with E-state index in [1.807, 2.05) is 20.8 Å². The first-order chi connectivity index (χ1) is 14.0. The van der Waals surface area contributed by atoms with Crippen LogP contribution in [0.5, 0.6) is 0 Å². The average molecular weight is 429 g/mol. The third-order valence-electron chi connectivity index (χ3n) is 5.07. The SMILES string of the molecule is CCC(C)CNC(=O)CC(OC1CCCCO1)C(CC(C)C)NC(=O)OC(C)(C)C. The Kier molecular flexibility index (Phi) is 11.7. The first kappa shape index (κ1) is 26.7. The highest BCUT2D eigenvalue weighted by Crippen LogP contribution is 2.22. The van der Waals surface area contributed by atoms with Gasteiger partial charge in [0.25, 0.3) is 0 Å². The maximum Gasteiger partial charge on any atom is 0.407 e. The van der Waals surface area contributed by atoms with Gasteiger partial charge < -0.3 is 24.8 Å². The zero-order valence-corrected chi connectivity index (χ0v) is 20.1. The van der Waals surface area contributed by atoms with E-state index in [-0.39, 0.29) is 24.7 Å². The van der Waals surface area contributed by atoms with E-state index in [0.717, 1.165) is 25.7 Å². The van der Waals surface area contributed by atoms with Gasteiger partial charge in [0.05, 0.1) is 18.6 Å². The van der Waals surface area contributed by atoms with E-state index in [2.05, 4.69) is 38.3 Å². The molecule has 1 aliphatic heterocycles. The molecule has 30 heavy (non-hydrogen) atoms. The number of hydrogen-bond acceptors (Lipinski definition) is 5. The molecule has 0 aliphatic carbocycles. The summed E-state index contributed by atoms with van der Waals surface area (Å²) < 4.78 is 17.4. The molecule has 1 saturated heterocycles. The summed E-state index contributed by atoms with van der Waals surface area (Å²) in [4.78, 5) is 25.1. The maximum absolute atomic E-state index is 12.6. The van der Waals surface area contributed by atoms with Crippen LogP contribution in [0.1, 0.15) is 87.0 Å². The van der Waals surface area contributed by atoms with Crippen molar-refractivity contribution in [2.75, 3.05) is 13.2 Å². The van der Waals surface area contributed by atoms with Crippen LogP contribution >= 0.6 is 0 Å². The minimum absolute atomic E-state index is 0.0733. The normalized spacial score (nSPS) is 20.3. The summed E-state index contributed by atoms with van der Waals surface area (Å²) >= 11 is 0. The van der Waals surface area contributed by atoms with Crippen LogP contribution in [0.3, 0.4) is 0 Å². The fraction of sp³-hybridized carbons (Fsp3) is 0.913. The van der Waals surface area contributed by atoms with Crippen LogP contribution in [0.4, 0.5) is 4.79 Å². The van der Waals surface area contributed by atoms with E-state index in [1.165, 1.54) is 0 Å². The van der Waals surface area contributed by atoms with Crippen molar-refractivity contribution >= 4 is 12.0 Å².